The molecule has 0 aliphatic rings. The summed E-state index contributed by atoms with van der Waals surface area (Å²) in [6.45, 7) is 5.08. The number of pyridine rings is 1. The Labute approximate surface area is 53.5 Å². The largest absolute Gasteiger partial charge is 0.258 e. The molecule has 1 nitrogen and oxygen atoms in total. The first-order chi connectivity index (χ1) is 4.22. The molecule has 0 aliphatic heterocycles. The summed E-state index contributed by atoms with van der Waals surface area (Å²) in [4.78, 5) is 3.65. The molecule has 0 N–H and O–H groups in total. The highest BCUT2D eigenvalue weighted by molar-refractivity contribution is 5.18. The van der Waals surface area contributed by atoms with Gasteiger partial charge in [-0.1, -0.05) is 0 Å². The minimum absolute atomic E-state index is 0.218. The van der Waals surface area contributed by atoms with Gasteiger partial charge in [-0.15, -0.1) is 0 Å². The third-order valence-electron chi connectivity index (χ3n) is 1.15. The summed E-state index contributed by atoms with van der Waals surface area (Å²) in [6, 6.07) is 1.62. The van der Waals surface area contributed by atoms with Gasteiger partial charge in [0.15, 0.2) is 0 Å². The first-order valence-corrected chi connectivity index (χ1v) is 2.65. The molecule has 0 bridgehead atoms. The highest BCUT2D eigenvalue weighted by Crippen LogP contribution is 2.06. The fraction of sp³-hybridized carbons (Fsp3) is 0.143. The minimum atomic E-state index is -0.308. The van der Waals surface area contributed by atoms with Gasteiger partial charge < -0.3 is 0 Å². The summed E-state index contributed by atoms with van der Waals surface area (Å²) in [5.41, 5.74) is 0.810. The van der Waals surface area contributed by atoms with E-state index in [1.54, 1.807) is 19.2 Å². The highest BCUT2D eigenvalue weighted by Gasteiger charge is 1.98. The van der Waals surface area contributed by atoms with E-state index in [4.69, 9.17) is 0 Å². The monoisotopic (exact) mass is 124 g/mol. The SMILES string of the molecule is [CH2]c1nccc(C)c1F. The van der Waals surface area contributed by atoms with Crippen molar-refractivity contribution in [3.63, 3.8) is 0 Å². The quantitative estimate of drug-likeness (QED) is 0.513. The van der Waals surface area contributed by atoms with E-state index in [9.17, 15) is 4.39 Å². The van der Waals surface area contributed by atoms with E-state index in [1.807, 2.05) is 0 Å². The zero-order chi connectivity index (χ0) is 6.85. The van der Waals surface area contributed by atoms with Crippen LogP contribution in [0.15, 0.2) is 12.3 Å². The summed E-state index contributed by atoms with van der Waals surface area (Å²) in [5, 5.41) is 0. The van der Waals surface area contributed by atoms with E-state index in [0.717, 1.165) is 0 Å². The third-order valence-corrected chi connectivity index (χ3v) is 1.15. The van der Waals surface area contributed by atoms with Gasteiger partial charge in [-0.3, -0.25) is 4.98 Å². The molecule has 1 aromatic heterocycles. The van der Waals surface area contributed by atoms with Crippen molar-refractivity contribution in [2.75, 3.05) is 0 Å². The van der Waals surface area contributed by atoms with Crippen molar-refractivity contribution in [3.8, 4) is 0 Å². The number of halogens is 1. The first-order valence-electron chi connectivity index (χ1n) is 2.65. The number of hydrogen-bond acceptors (Lipinski definition) is 1. The van der Waals surface area contributed by atoms with Crippen molar-refractivity contribution >= 4 is 0 Å². The van der Waals surface area contributed by atoms with Crippen LogP contribution in [0.25, 0.3) is 0 Å². The molecule has 0 spiro atoms. The second-order valence-electron chi connectivity index (χ2n) is 1.89. The van der Waals surface area contributed by atoms with Crippen molar-refractivity contribution in [1.82, 2.24) is 4.98 Å². The lowest BCUT2D eigenvalue weighted by Crippen LogP contribution is -1.89. The van der Waals surface area contributed by atoms with Gasteiger partial charge in [0, 0.05) is 6.20 Å². The maximum absolute atomic E-state index is 12.6. The van der Waals surface area contributed by atoms with E-state index in [0.29, 0.717) is 5.56 Å². The van der Waals surface area contributed by atoms with Crippen LogP contribution in [-0.2, 0) is 0 Å². The summed E-state index contributed by atoms with van der Waals surface area (Å²) in [6.07, 6.45) is 1.54. The molecule has 0 atom stereocenters. The molecule has 0 fully saturated rings. The van der Waals surface area contributed by atoms with Crippen molar-refractivity contribution < 1.29 is 4.39 Å². The molecular weight excluding hydrogens is 117 g/mol. The fourth-order valence-electron chi connectivity index (χ4n) is 0.596. The van der Waals surface area contributed by atoms with Crippen LogP contribution in [0, 0.1) is 19.7 Å². The van der Waals surface area contributed by atoms with E-state index in [-0.39, 0.29) is 11.5 Å². The average molecular weight is 124 g/mol. The normalized spacial score (nSPS) is 9.67. The second-order valence-corrected chi connectivity index (χ2v) is 1.89. The Balaban J connectivity index is 3.25. The number of nitrogens with zero attached hydrogens (tertiary/aromatic N) is 1. The van der Waals surface area contributed by atoms with Crippen molar-refractivity contribution in [2.24, 2.45) is 0 Å². The van der Waals surface area contributed by atoms with Gasteiger partial charge >= 0.3 is 0 Å². The lowest BCUT2D eigenvalue weighted by molar-refractivity contribution is 0.606. The molecular formula is C7H7FN. The third kappa shape index (κ3) is 1.07. The molecule has 0 saturated heterocycles. The van der Waals surface area contributed by atoms with E-state index < -0.39 is 0 Å². The van der Waals surface area contributed by atoms with Crippen LogP contribution in [0.4, 0.5) is 4.39 Å². The minimum Gasteiger partial charge on any atom is -0.258 e. The Morgan fingerprint density at radius 2 is 2.33 bits per heavy atom. The molecule has 9 heavy (non-hydrogen) atoms. The van der Waals surface area contributed by atoms with Crippen molar-refractivity contribution in [1.29, 1.82) is 0 Å². The molecule has 0 amide bonds. The van der Waals surface area contributed by atoms with Crippen LogP contribution >= 0.6 is 0 Å². The molecule has 0 aromatic carbocycles. The smallest absolute Gasteiger partial charge is 0.147 e. The first kappa shape index (κ1) is 6.20. The lowest BCUT2D eigenvalue weighted by Gasteiger charge is -1.95. The number of rotatable bonds is 0. The number of aryl methyl sites for hydroxylation is 1. The Bertz CT molecular complexity index is 200. The maximum Gasteiger partial charge on any atom is 0.147 e. The predicted octanol–water partition coefficient (Wildman–Crippen LogP) is 1.71. The molecule has 47 valence electrons. The van der Waals surface area contributed by atoms with Gasteiger partial charge in [0.25, 0.3) is 0 Å². The Morgan fingerprint density at radius 3 is 2.78 bits per heavy atom. The topological polar surface area (TPSA) is 12.9 Å². The molecule has 1 radical (unpaired) electrons. The van der Waals surface area contributed by atoms with Gasteiger partial charge in [0.05, 0.1) is 5.69 Å². The van der Waals surface area contributed by atoms with E-state index in [2.05, 4.69) is 11.9 Å². The Morgan fingerprint density at radius 1 is 1.67 bits per heavy atom. The van der Waals surface area contributed by atoms with Gasteiger partial charge in [-0.25, -0.2) is 4.39 Å². The second kappa shape index (κ2) is 2.13. The van der Waals surface area contributed by atoms with Crippen LogP contribution < -0.4 is 0 Å². The zero-order valence-corrected chi connectivity index (χ0v) is 5.19. The molecule has 1 heterocycles. The van der Waals surface area contributed by atoms with Gasteiger partial charge in [0.1, 0.15) is 5.82 Å². The number of aromatic nitrogens is 1. The maximum atomic E-state index is 12.6. The molecule has 2 heteroatoms. The molecule has 1 rings (SSSR count). The molecule has 0 unspecified atom stereocenters. The van der Waals surface area contributed by atoms with E-state index in [1.165, 1.54) is 0 Å². The molecule has 1 aromatic rings. The Hall–Kier alpha value is -0.920. The fourth-order valence-corrected chi connectivity index (χ4v) is 0.596. The molecule has 0 aliphatic carbocycles. The zero-order valence-electron chi connectivity index (χ0n) is 5.19. The van der Waals surface area contributed by atoms with Crippen molar-refractivity contribution in [3.05, 3.63) is 36.3 Å². The average Bonchev–Trinajstić information content (AvgIpc) is 1.83. The molecule has 0 saturated carbocycles. The van der Waals surface area contributed by atoms with Crippen LogP contribution in [0.5, 0.6) is 0 Å². The summed E-state index contributed by atoms with van der Waals surface area (Å²) in [5.74, 6) is -0.308. The number of hydrogen-bond donors (Lipinski definition) is 0. The lowest BCUT2D eigenvalue weighted by atomic mass is 10.2. The van der Waals surface area contributed by atoms with Gasteiger partial charge in [-0.05, 0) is 25.5 Å². The van der Waals surface area contributed by atoms with Gasteiger partial charge in [0.2, 0.25) is 0 Å². The van der Waals surface area contributed by atoms with Crippen LogP contribution in [0.2, 0.25) is 0 Å². The van der Waals surface area contributed by atoms with Crippen LogP contribution in [-0.4, -0.2) is 4.98 Å². The van der Waals surface area contributed by atoms with Gasteiger partial charge in [-0.2, -0.15) is 0 Å². The highest BCUT2D eigenvalue weighted by atomic mass is 19.1. The predicted molar refractivity (Wildman–Crippen MR) is 33.4 cm³/mol. The standard InChI is InChI=1S/C7H7FN/c1-5-3-4-9-6(2)7(5)8/h3-4H,2H2,1H3. The summed E-state index contributed by atoms with van der Waals surface area (Å²) in [7, 11) is 0. The van der Waals surface area contributed by atoms with Crippen LogP contribution in [0.3, 0.4) is 0 Å². The van der Waals surface area contributed by atoms with Crippen LogP contribution in [0.1, 0.15) is 11.3 Å². The Kier molecular flexibility index (Phi) is 1.47. The van der Waals surface area contributed by atoms with Crippen molar-refractivity contribution in [2.45, 2.75) is 6.92 Å². The summed E-state index contributed by atoms with van der Waals surface area (Å²) >= 11 is 0. The summed E-state index contributed by atoms with van der Waals surface area (Å²) < 4.78 is 12.6. The van der Waals surface area contributed by atoms with E-state index >= 15 is 0 Å².